The Hall–Kier alpha value is -1.32. The van der Waals surface area contributed by atoms with Crippen molar-refractivity contribution in [3.63, 3.8) is 0 Å². The van der Waals surface area contributed by atoms with Crippen LogP contribution in [0.2, 0.25) is 0 Å². The molecule has 0 amide bonds. The van der Waals surface area contributed by atoms with Gasteiger partial charge in [0.25, 0.3) is 0 Å². The number of rotatable bonds is 2. The number of carbonyl (C=O) groups excluding carboxylic acids is 1. The highest BCUT2D eigenvalue weighted by molar-refractivity contribution is 5.80. The van der Waals surface area contributed by atoms with Crippen LogP contribution in [0, 0.1) is 0 Å². The first-order valence-electron chi connectivity index (χ1n) is 5.19. The number of carbonyl (C=O) groups is 1. The third kappa shape index (κ3) is 1.06. The zero-order valence-corrected chi connectivity index (χ0v) is 7.99. The summed E-state index contributed by atoms with van der Waals surface area (Å²) in [6.45, 7) is 1.96. The first-order chi connectivity index (χ1) is 6.90. The van der Waals surface area contributed by atoms with Crippen molar-refractivity contribution >= 4 is 12.1 Å². The predicted molar refractivity (Wildman–Crippen MR) is 52.7 cm³/mol. The van der Waals surface area contributed by atoms with E-state index in [0.29, 0.717) is 11.6 Å². The number of nitrogens with one attached hydrogen (secondary N) is 1. The molecule has 0 radical (unpaired) electrons. The van der Waals surface area contributed by atoms with Gasteiger partial charge < -0.3 is 9.88 Å². The second-order valence-electron chi connectivity index (χ2n) is 4.03. The van der Waals surface area contributed by atoms with Gasteiger partial charge in [0.1, 0.15) is 17.3 Å². The fourth-order valence-corrected chi connectivity index (χ4v) is 2.08. The summed E-state index contributed by atoms with van der Waals surface area (Å²) < 4.78 is 2.19. The quantitative estimate of drug-likeness (QED) is 0.718. The van der Waals surface area contributed by atoms with Gasteiger partial charge in [-0.3, -0.25) is 4.79 Å². The molecule has 1 aromatic rings. The largest absolute Gasteiger partial charge is 0.369 e. The van der Waals surface area contributed by atoms with Crippen LogP contribution in [0.4, 0.5) is 5.82 Å². The Morgan fingerprint density at radius 2 is 2.36 bits per heavy atom. The summed E-state index contributed by atoms with van der Waals surface area (Å²) in [7, 11) is 0. The number of aldehydes is 1. The lowest BCUT2D eigenvalue weighted by Gasteiger charge is -2.18. The molecule has 2 aliphatic rings. The Balaban J connectivity index is 2.11. The van der Waals surface area contributed by atoms with Crippen molar-refractivity contribution in [2.45, 2.75) is 31.7 Å². The van der Waals surface area contributed by atoms with Crippen molar-refractivity contribution in [1.29, 1.82) is 0 Å². The molecule has 2 heterocycles. The van der Waals surface area contributed by atoms with Crippen LogP contribution in [0.1, 0.15) is 41.5 Å². The highest BCUT2D eigenvalue weighted by Crippen LogP contribution is 2.41. The van der Waals surface area contributed by atoms with Crippen LogP contribution >= 0.6 is 0 Å². The molecule has 1 aliphatic carbocycles. The van der Waals surface area contributed by atoms with Gasteiger partial charge in [0.05, 0.1) is 0 Å². The number of imidazole rings is 1. The van der Waals surface area contributed by atoms with Gasteiger partial charge in [-0.1, -0.05) is 0 Å². The molecule has 1 aliphatic heterocycles. The van der Waals surface area contributed by atoms with E-state index < -0.39 is 0 Å². The lowest BCUT2D eigenvalue weighted by Crippen LogP contribution is -2.18. The molecule has 4 nitrogen and oxygen atoms in total. The minimum absolute atomic E-state index is 0.589. The smallest absolute Gasteiger partial charge is 0.172 e. The topological polar surface area (TPSA) is 46.9 Å². The normalized spacial score (nSPS) is 20.0. The molecule has 74 valence electrons. The van der Waals surface area contributed by atoms with Gasteiger partial charge in [-0.25, -0.2) is 4.98 Å². The molecule has 0 spiro atoms. The molecule has 1 N–H and O–H groups in total. The van der Waals surface area contributed by atoms with Crippen molar-refractivity contribution in [2.75, 3.05) is 11.9 Å². The van der Waals surface area contributed by atoms with E-state index in [-0.39, 0.29) is 0 Å². The second-order valence-corrected chi connectivity index (χ2v) is 4.03. The van der Waals surface area contributed by atoms with Crippen LogP contribution in [0.15, 0.2) is 0 Å². The van der Waals surface area contributed by atoms with E-state index >= 15 is 0 Å². The molecule has 1 fully saturated rings. The molecule has 3 rings (SSSR count). The van der Waals surface area contributed by atoms with Crippen molar-refractivity contribution < 1.29 is 4.79 Å². The summed E-state index contributed by atoms with van der Waals surface area (Å²) >= 11 is 0. The standard InChI is InChI=1S/C10H13N3O/c14-6-8-10-11-4-1-5-13(10)9(12-8)7-2-3-7/h6-7,11H,1-5H2. The zero-order valence-electron chi connectivity index (χ0n) is 7.99. The van der Waals surface area contributed by atoms with E-state index in [2.05, 4.69) is 14.9 Å². The van der Waals surface area contributed by atoms with Gasteiger partial charge >= 0.3 is 0 Å². The Bertz CT molecular complexity index is 379. The van der Waals surface area contributed by atoms with E-state index in [4.69, 9.17) is 0 Å². The van der Waals surface area contributed by atoms with Crippen LogP contribution in [-0.2, 0) is 6.54 Å². The van der Waals surface area contributed by atoms with Crippen LogP contribution in [0.5, 0.6) is 0 Å². The maximum absolute atomic E-state index is 10.8. The third-order valence-electron chi connectivity index (χ3n) is 2.93. The number of fused-ring (bicyclic) bond motifs is 1. The summed E-state index contributed by atoms with van der Waals surface area (Å²) in [6.07, 6.45) is 4.45. The first kappa shape index (κ1) is 8.03. The lowest BCUT2D eigenvalue weighted by molar-refractivity contribution is 0.112. The van der Waals surface area contributed by atoms with Crippen LogP contribution in [0.3, 0.4) is 0 Å². The summed E-state index contributed by atoms with van der Waals surface area (Å²) in [5.74, 6) is 2.67. The minimum atomic E-state index is 0.589. The average Bonchev–Trinajstić information content (AvgIpc) is 3.00. The van der Waals surface area contributed by atoms with Crippen molar-refractivity contribution in [2.24, 2.45) is 0 Å². The zero-order chi connectivity index (χ0) is 9.54. The van der Waals surface area contributed by atoms with E-state index in [1.54, 1.807) is 0 Å². The Kier molecular flexibility index (Phi) is 1.63. The summed E-state index contributed by atoms with van der Waals surface area (Å²) in [5.41, 5.74) is 0.589. The molecule has 14 heavy (non-hydrogen) atoms. The van der Waals surface area contributed by atoms with Crippen LogP contribution < -0.4 is 5.32 Å². The van der Waals surface area contributed by atoms with E-state index in [1.807, 2.05) is 0 Å². The molecule has 0 atom stereocenters. The Morgan fingerprint density at radius 1 is 1.50 bits per heavy atom. The third-order valence-corrected chi connectivity index (χ3v) is 2.93. The molecule has 0 bridgehead atoms. The van der Waals surface area contributed by atoms with Gasteiger partial charge in [0.2, 0.25) is 0 Å². The summed E-state index contributed by atoms with van der Waals surface area (Å²) in [5, 5.41) is 3.25. The average molecular weight is 191 g/mol. The molecular formula is C10H13N3O. The van der Waals surface area contributed by atoms with E-state index in [0.717, 1.165) is 37.4 Å². The van der Waals surface area contributed by atoms with E-state index in [9.17, 15) is 4.79 Å². The lowest BCUT2D eigenvalue weighted by atomic mass is 10.3. The molecule has 4 heteroatoms. The fourth-order valence-electron chi connectivity index (χ4n) is 2.08. The Labute approximate surface area is 82.3 Å². The SMILES string of the molecule is O=Cc1nc(C2CC2)n2c1NCCC2. The second kappa shape index (κ2) is 2.83. The predicted octanol–water partition coefficient (Wildman–Crippen LogP) is 1.39. The molecule has 0 saturated heterocycles. The number of anilines is 1. The molecule has 0 aromatic carbocycles. The molecule has 1 saturated carbocycles. The number of nitrogens with zero attached hydrogens (tertiary/aromatic N) is 2. The fraction of sp³-hybridized carbons (Fsp3) is 0.600. The van der Waals surface area contributed by atoms with E-state index in [1.165, 1.54) is 12.8 Å². The monoisotopic (exact) mass is 191 g/mol. The van der Waals surface area contributed by atoms with Gasteiger partial charge in [-0.15, -0.1) is 0 Å². The number of hydrogen-bond acceptors (Lipinski definition) is 3. The molecule has 0 unspecified atom stereocenters. The van der Waals surface area contributed by atoms with Gasteiger partial charge in [-0.2, -0.15) is 0 Å². The number of hydrogen-bond donors (Lipinski definition) is 1. The van der Waals surface area contributed by atoms with Crippen molar-refractivity contribution in [1.82, 2.24) is 9.55 Å². The number of aromatic nitrogens is 2. The summed E-state index contributed by atoms with van der Waals surface area (Å²) in [4.78, 5) is 15.2. The minimum Gasteiger partial charge on any atom is -0.369 e. The highest BCUT2D eigenvalue weighted by atomic mass is 16.1. The maximum Gasteiger partial charge on any atom is 0.172 e. The van der Waals surface area contributed by atoms with Crippen molar-refractivity contribution in [3.8, 4) is 0 Å². The molecule has 1 aromatic heterocycles. The van der Waals surface area contributed by atoms with Gasteiger partial charge in [0, 0.05) is 19.0 Å². The molecular weight excluding hydrogens is 178 g/mol. The first-order valence-corrected chi connectivity index (χ1v) is 5.19. The van der Waals surface area contributed by atoms with Gasteiger partial charge in [-0.05, 0) is 19.3 Å². The van der Waals surface area contributed by atoms with Crippen LogP contribution in [0.25, 0.3) is 0 Å². The van der Waals surface area contributed by atoms with Crippen LogP contribution in [-0.4, -0.2) is 22.4 Å². The Morgan fingerprint density at radius 3 is 3.07 bits per heavy atom. The summed E-state index contributed by atoms with van der Waals surface area (Å²) in [6, 6.07) is 0. The van der Waals surface area contributed by atoms with Crippen molar-refractivity contribution in [3.05, 3.63) is 11.5 Å². The highest BCUT2D eigenvalue weighted by Gasteiger charge is 2.31. The van der Waals surface area contributed by atoms with Gasteiger partial charge in [0.15, 0.2) is 6.29 Å². The maximum atomic E-state index is 10.8.